The average Bonchev–Trinajstić information content (AvgIpc) is 2.61. The second-order valence-electron chi connectivity index (χ2n) is 3.16. The van der Waals surface area contributed by atoms with Crippen LogP contribution in [-0.2, 0) is 17.8 Å². The highest BCUT2D eigenvalue weighted by Crippen LogP contribution is 2.16. The fraction of sp³-hybridized carbons (Fsp3) is 0.500. The van der Waals surface area contributed by atoms with Crippen LogP contribution in [0.25, 0.3) is 0 Å². The molecule has 0 aromatic carbocycles. The molecule has 0 spiro atoms. The molecule has 2 N–H and O–H groups in total. The molecule has 78 valence electrons. The first-order chi connectivity index (χ1) is 6.63. The molecule has 1 rings (SSSR count). The second-order valence-corrected chi connectivity index (χ2v) is 4.42. The topological polar surface area (TPSA) is 49.3 Å². The summed E-state index contributed by atoms with van der Waals surface area (Å²) in [4.78, 5) is 13.1. The van der Waals surface area contributed by atoms with E-state index in [0.717, 1.165) is 6.42 Å². The zero-order valence-electron chi connectivity index (χ0n) is 8.41. The zero-order valence-corrected chi connectivity index (χ0v) is 9.23. The number of carboxylic acids is 1. The van der Waals surface area contributed by atoms with Gasteiger partial charge in [0.15, 0.2) is 0 Å². The molecule has 1 aromatic rings. The van der Waals surface area contributed by atoms with Crippen molar-refractivity contribution in [3.05, 3.63) is 21.9 Å². The maximum absolute atomic E-state index is 10.5. The molecular formula is C10H15NO2S. The van der Waals surface area contributed by atoms with Gasteiger partial charge in [-0.1, -0.05) is 6.92 Å². The van der Waals surface area contributed by atoms with Crippen molar-refractivity contribution in [1.29, 1.82) is 0 Å². The lowest BCUT2D eigenvalue weighted by Gasteiger charge is -2.06. The Morgan fingerprint density at radius 1 is 1.57 bits per heavy atom. The number of hydrogen-bond donors (Lipinski definition) is 2. The lowest BCUT2D eigenvalue weighted by molar-refractivity contribution is -0.139. The fourth-order valence-electron chi connectivity index (χ4n) is 1.05. The number of carbonyl (C=O) groups is 1. The van der Waals surface area contributed by atoms with Gasteiger partial charge in [-0.3, -0.25) is 10.1 Å². The van der Waals surface area contributed by atoms with Crippen molar-refractivity contribution >= 4 is 17.3 Å². The van der Waals surface area contributed by atoms with E-state index in [1.165, 1.54) is 9.75 Å². The van der Waals surface area contributed by atoms with Gasteiger partial charge < -0.3 is 5.11 Å². The van der Waals surface area contributed by atoms with Crippen LogP contribution in [0, 0.1) is 0 Å². The first-order valence-corrected chi connectivity index (χ1v) is 5.49. The molecule has 0 aliphatic rings. The first-order valence-electron chi connectivity index (χ1n) is 4.67. The predicted octanol–water partition coefficient (Wildman–Crippen LogP) is 1.87. The van der Waals surface area contributed by atoms with Crippen molar-refractivity contribution < 1.29 is 9.90 Å². The molecule has 0 bridgehead atoms. The molecular weight excluding hydrogens is 198 g/mol. The maximum Gasteiger partial charge on any atom is 0.320 e. The van der Waals surface area contributed by atoms with E-state index in [1.54, 1.807) is 18.3 Å². The van der Waals surface area contributed by atoms with Gasteiger partial charge in [0.1, 0.15) is 6.04 Å². The summed E-state index contributed by atoms with van der Waals surface area (Å²) < 4.78 is 0. The summed E-state index contributed by atoms with van der Waals surface area (Å²) >= 11 is 1.73. The van der Waals surface area contributed by atoms with Crippen LogP contribution in [0.3, 0.4) is 0 Å². The molecule has 0 radical (unpaired) electrons. The van der Waals surface area contributed by atoms with Crippen LogP contribution >= 0.6 is 11.3 Å². The Bertz CT molecular complexity index is 309. The molecule has 3 nitrogen and oxygen atoms in total. The molecule has 4 heteroatoms. The molecule has 1 heterocycles. The highest BCUT2D eigenvalue weighted by atomic mass is 32.1. The quantitative estimate of drug-likeness (QED) is 0.785. The largest absolute Gasteiger partial charge is 0.480 e. The van der Waals surface area contributed by atoms with Crippen LogP contribution in [0.15, 0.2) is 12.1 Å². The SMILES string of the molecule is CCc1ccc(CN[C@@H](C)C(=O)O)s1. The minimum atomic E-state index is -0.808. The van der Waals surface area contributed by atoms with Crippen LogP contribution in [0.2, 0.25) is 0 Å². The Morgan fingerprint density at radius 3 is 2.71 bits per heavy atom. The summed E-state index contributed by atoms with van der Waals surface area (Å²) in [5, 5.41) is 11.6. The third-order valence-corrected chi connectivity index (χ3v) is 3.25. The van der Waals surface area contributed by atoms with Crippen LogP contribution in [-0.4, -0.2) is 17.1 Å². The van der Waals surface area contributed by atoms with E-state index in [4.69, 9.17) is 5.11 Å². The monoisotopic (exact) mass is 213 g/mol. The summed E-state index contributed by atoms with van der Waals surface area (Å²) in [6.07, 6.45) is 1.04. The maximum atomic E-state index is 10.5. The summed E-state index contributed by atoms with van der Waals surface area (Å²) in [6, 6.07) is 3.65. The summed E-state index contributed by atoms with van der Waals surface area (Å²) in [6.45, 7) is 4.40. The lowest BCUT2D eigenvalue weighted by atomic mass is 10.3. The van der Waals surface area contributed by atoms with Crippen molar-refractivity contribution in [2.75, 3.05) is 0 Å². The summed E-state index contributed by atoms with van der Waals surface area (Å²) in [5.74, 6) is -0.808. The van der Waals surface area contributed by atoms with Gasteiger partial charge >= 0.3 is 5.97 Å². The smallest absolute Gasteiger partial charge is 0.320 e. The summed E-state index contributed by atoms with van der Waals surface area (Å²) in [7, 11) is 0. The second kappa shape index (κ2) is 5.12. The van der Waals surface area contributed by atoms with Gasteiger partial charge in [0.2, 0.25) is 0 Å². The minimum Gasteiger partial charge on any atom is -0.480 e. The molecule has 0 saturated heterocycles. The number of hydrogen-bond acceptors (Lipinski definition) is 3. The number of thiophene rings is 1. The Balaban J connectivity index is 2.41. The standard InChI is InChI=1S/C10H15NO2S/c1-3-8-4-5-9(14-8)6-11-7(2)10(12)13/h4-5,7,11H,3,6H2,1-2H3,(H,12,13)/t7-/m0/s1. The van der Waals surface area contributed by atoms with E-state index < -0.39 is 12.0 Å². The normalized spacial score (nSPS) is 12.7. The summed E-state index contributed by atoms with van der Waals surface area (Å²) in [5.41, 5.74) is 0. The van der Waals surface area contributed by atoms with Gasteiger partial charge in [0.05, 0.1) is 0 Å². The third-order valence-electron chi connectivity index (χ3n) is 2.02. The van der Waals surface area contributed by atoms with E-state index in [0.29, 0.717) is 6.54 Å². The molecule has 1 aromatic heterocycles. The molecule has 0 unspecified atom stereocenters. The first kappa shape index (κ1) is 11.2. The fourth-order valence-corrected chi connectivity index (χ4v) is 1.96. The molecule has 0 saturated carbocycles. The van der Waals surface area contributed by atoms with E-state index in [9.17, 15) is 4.79 Å². The average molecular weight is 213 g/mol. The van der Waals surface area contributed by atoms with E-state index in [1.807, 2.05) is 6.07 Å². The number of nitrogens with one attached hydrogen (secondary N) is 1. The number of carboxylic acid groups (broad SMARTS) is 1. The minimum absolute atomic E-state index is 0.484. The Morgan fingerprint density at radius 2 is 2.21 bits per heavy atom. The Labute approximate surface area is 87.8 Å². The van der Waals surface area contributed by atoms with Crippen molar-refractivity contribution in [3.8, 4) is 0 Å². The molecule has 0 fully saturated rings. The van der Waals surface area contributed by atoms with Crippen molar-refractivity contribution in [3.63, 3.8) is 0 Å². The molecule has 1 atom stereocenters. The van der Waals surface area contributed by atoms with Gasteiger partial charge in [-0.15, -0.1) is 11.3 Å². The number of rotatable bonds is 5. The Kier molecular flexibility index (Phi) is 4.10. The van der Waals surface area contributed by atoms with Gasteiger partial charge in [0.25, 0.3) is 0 Å². The van der Waals surface area contributed by atoms with Gasteiger partial charge in [-0.2, -0.15) is 0 Å². The van der Waals surface area contributed by atoms with Gasteiger partial charge in [0, 0.05) is 16.3 Å². The van der Waals surface area contributed by atoms with Crippen LogP contribution in [0.4, 0.5) is 0 Å². The highest BCUT2D eigenvalue weighted by molar-refractivity contribution is 7.11. The highest BCUT2D eigenvalue weighted by Gasteiger charge is 2.09. The van der Waals surface area contributed by atoms with E-state index in [-0.39, 0.29) is 0 Å². The van der Waals surface area contributed by atoms with Gasteiger partial charge in [-0.25, -0.2) is 0 Å². The third kappa shape index (κ3) is 3.12. The number of aliphatic carboxylic acids is 1. The van der Waals surface area contributed by atoms with Crippen LogP contribution < -0.4 is 5.32 Å². The van der Waals surface area contributed by atoms with Crippen LogP contribution in [0.5, 0.6) is 0 Å². The van der Waals surface area contributed by atoms with Gasteiger partial charge in [-0.05, 0) is 25.5 Å². The Hall–Kier alpha value is -0.870. The molecule has 0 aliphatic heterocycles. The number of aryl methyl sites for hydroxylation is 1. The van der Waals surface area contributed by atoms with Crippen molar-refractivity contribution in [2.45, 2.75) is 32.9 Å². The molecule has 14 heavy (non-hydrogen) atoms. The van der Waals surface area contributed by atoms with Crippen LogP contribution in [0.1, 0.15) is 23.6 Å². The van der Waals surface area contributed by atoms with E-state index >= 15 is 0 Å². The molecule has 0 amide bonds. The van der Waals surface area contributed by atoms with E-state index in [2.05, 4.69) is 18.3 Å². The predicted molar refractivity (Wildman–Crippen MR) is 57.6 cm³/mol. The lowest BCUT2D eigenvalue weighted by Crippen LogP contribution is -2.32. The molecule has 0 aliphatic carbocycles. The van der Waals surface area contributed by atoms with Crippen molar-refractivity contribution in [1.82, 2.24) is 5.32 Å². The zero-order chi connectivity index (χ0) is 10.6. The van der Waals surface area contributed by atoms with Crippen molar-refractivity contribution in [2.24, 2.45) is 0 Å².